The van der Waals surface area contributed by atoms with Crippen molar-refractivity contribution in [2.24, 2.45) is 17.2 Å². The van der Waals surface area contributed by atoms with E-state index in [0.717, 1.165) is 10.5 Å². The highest BCUT2D eigenvalue weighted by Crippen LogP contribution is 2.17. The van der Waals surface area contributed by atoms with Gasteiger partial charge in [0.05, 0.1) is 6.04 Å². The number of imide groups is 1. The van der Waals surface area contributed by atoms with Gasteiger partial charge in [-0.1, -0.05) is 42.5 Å². The van der Waals surface area contributed by atoms with Crippen LogP contribution in [0.15, 0.2) is 54.6 Å². The van der Waals surface area contributed by atoms with Crippen LogP contribution in [0.1, 0.15) is 36.8 Å². The van der Waals surface area contributed by atoms with Gasteiger partial charge in [-0.3, -0.25) is 24.1 Å². The number of phenolic OH excluding ortho intramolecular Hbond substituents is 1. The number of carbonyl (C=O) groups excluding carboxylic acids is 4. The molecule has 10 nitrogen and oxygen atoms in total. The Balaban J connectivity index is 2.44. The first-order valence-corrected chi connectivity index (χ1v) is 14.3. The smallest absolute Gasteiger partial charge is 0.247 e. The van der Waals surface area contributed by atoms with E-state index in [-0.39, 0.29) is 25.0 Å². The fourth-order valence-corrected chi connectivity index (χ4v) is 4.54. The third-order valence-electron chi connectivity index (χ3n) is 6.22. The van der Waals surface area contributed by atoms with Crippen LogP contribution in [0, 0.1) is 0 Å². The first kappa shape index (κ1) is 31.8. The van der Waals surface area contributed by atoms with Gasteiger partial charge in [0, 0.05) is 12.8 Å². The Morgan fingerprint density at radius 1 is 0.974 bits per heavy atom. The van der Waals surface area contributed by atoms with Crippen LogP contribution < -0.4 is 22.5 Å². The molecular weight excluding hydrogens is 518 g/mol. The summed E-state index contributed by atoms with van der Waals surface area (Å²) in [5.74, 6) is -1.98. The standard InChI is InChI=1S/C28H39N5O5S/c1-39-16-14-23(26(31)36)32-27(37)24(18-19-7-3-2-4-8-19)33(25(35)9-5-6-15-29)28(38)22(30)17-20-10-12-21(34)13-11-20/h2-4,7-8,10-13,22-24,34H,5-6,9,14-18,29-30H2,1H3,(H2,31,36)(H,32,37)/t22-,23-,24-/m0/s1. The van der Waals surface area contributed by atoms with Crippen LogP contribution in [0.3, 0.4) is 0 Å². The molecule has 0 aromatic heterocycles. The van der Waals surface area contributed by atoms with Gasteiger partial charge in [-0.25, -0.2) is 0 Å². The van der Waals surface area contributed by atoms with E-state index in [9.17, 15) is 24.3 Å². The molecule has 0 heterocycles. The van der Waals surface area contributed by atoms with E-state index in [1.807, 2.05) is 12.3 Å². The van der Waals surface area contributed by atoms with E-state index >= 15 is 0 Å². The fraction of sp³-hybridized carbons (Fsp3) is 0.429. The maximum atomic E-state index is 13.7. The zero-order valence-corrected chi connectivity index (χ0v) is 23.1. The minimum atomic E-state index is -1.26. The van der Waals surface area contributed by atoms with Crippen molar-refractivity contribution in [3.63, 3.8) is 0 Å². The highest BCUT2D eigenvalue weighted by molar-refractivity contribution is 7.98. The highest BCUT2D eigenvalue weighted by Gasteiger charge is 2.38. The molecule has 0 aliphatic rings. The Morgan fingerprint density at radius 2 is 1.62 bits per heavy atom. The van der Waals surface area contributed by atoms with Crippen molar-refractivity contribution in [1.82, 2.24) is 10.2 Å². The normalized spacial score (nSPS) is 13.2. The van der Waals surface area contributed by atoms with Gasteiger partial charge in [0.2, 0.25) is 23.6 Å². The van der Waals surface area contributed by atoms with Crippen molar-refractivity contribution in [3.8, 4) is 5.75 Å². The Labute approximate surface area is 233 Å². The van der Waals surface area contributed by atoms with Crippen LogP contribution in [0.2, 0.25) is 0 Å². The van der Waals surface area contributed by atoms with Crippen LogP contribution in [-0.2, 0) is 32.0 Å². The number of nitrogens with zero attached hydrogens (tertiary/aromatic N) is 1. The van der Waals surface area contributed by atoms with E-state index in [1.54, 1.807) is 36.4 Å². The lowest BCUT2D eigenvalue weighted by Gasteiger charge is -2.32. The molecule has 0 radical (unpaired) electrons. The minimum Gasteiger partial charge on any atom is -0.508 e. The van der Waals surface area contributed by atoms with E-state index in [0.29, 0.717) is 37.1 Å². The zero-order chi connectivity index (χ0) is 28.8. The van der Waals surface area contributed by atoms with Gasteiger partial charge in [-0.2, -0.15) is 11.8 Å². The number of aromatic hydroxyl groups is 1. The molecule has 2 rings (SSSR count). The van der Waals surface area contributed by atoms with Gasteiger partial charge < -0.3 is 27.6 Å². The van der Waals surface area contributed by atoms with Crippen LogP contribution in [0.25, 0.3) is 0 Å². The third-order valence-corrected chi connectivity index (χ3v) is 6.86. The number of unbranched alkanes of at least 4 members (excludes halogenated alkanes) is 1. The van der Waals surface area contributed by atoms with Gasteiger partial charge in [-0.15, -0.1) is 0 Å². The monoisotopic (exact) mass is 557 g/mol. The number of carbonyl (C=O) groups is 4. The Hall–Kier alpha value is -3.41. The summed E-state index contributed by atoms with van der Waals surface area (Å²) in [6.07, 6.45) is 3.29. The summed E-state index contributed by atoms with van der Waals surface area (Å²) in [6.45, 7) is 0.380. The number of phenols is 1. The molecule has 2 aromatic rings. The molecule has 11 heteroatoms. The van der Waals surface area contributed by atoms with Gasteiger partial charge >= 0.3 is 0 Å². The first-order chi connectivity index (χ1) is 18.7. The Morgan fingerprint density at radius 3 is 2.21 bits per heavy atom. The molecule has 0 fully saturated rings. The summed E-state index contributed by atoms with van der Waals surface area (Å²) in [5, 5.41) is 12.2. The second-order valence-electron chi connectivity index (χ2n) is 9.28. The predicted molar refractivity (Wildman–Crippen MR) is 153 cm³/mol. The number of rotatable bonds is 16. The molecule has 212 valence electrons. The van der Waals surface area contributed by atoms with Crippen molar-refractivity contribution in [2.75, 3.05) is 18.6 Å². The SMILES string of the molecule is CSCC[C@H](NC(=O)[C@H](Cc1ccccc1)N(C(=O)CCCCN)C(=O)[C@@H](N)Cc1ccc(O)cc1)C(N)=O. The molecule has 0 bridgehead atoms. The van der Waals surface area contributed by atoms with Crippen molar-refractivity contribution in [1.29, 1.82) is 0 Å². The summed E-state index contributed by atoms with van der Waals surface area (Å²) >= 11 is 1.50. The van der Waals surface area contributed by atoms with Crippen LogP contribution in [0.4, 0.5) is 0 Å². The number of nitrogens with two attached hydrogens (primary N) is 3. The molecule has 0 aliphatic carbocycles. The number of amides is 4. The predicted octanol–water partition coefficient (Wildman–Crippen LogP) is 1.08. The molecule has 0 aliphatic heterocycles. The number of nitrogens with one attached hydrogen (secondary N) is 1. The van der Waals surface area contributed by atoms with Crippen molar-refractivity contribution >= 4 is 35.4 Å². The lowest BCUT2D eigenvalue weighted by atomic mass is 9.99. The summed E-state index contributed by atoms with van der Waals surface area (Å²) in [5.41, 5.74) is 18.8. The maximum Gasteiger partial charge on any atom is 0.247 e. The molecule has 3 atom stereocenters. The Bertz CT molecular complexity index is 1080. The average molecular weight is 558 g/mol. The van der Waals surface area contributed by atoms with E-state index in [2.05, 4.69) is 5.32 Å². The molecule has 2 aromatic carbocycles. The molecule has 0 saturated heterocycles. The molecule has 4 amide bonds. The number of hydrogen-bond acceptors (Lipinski definition) is 8. The summed E-state index contributed by atoms with van der Waals surface area (Å²) in [4.78, 5) is 53.9. The number of thioether (sulfide) groups is 1. The topological polar surface area (TPSA) is 182 Å². The van der Waals surface area contributed by atoms with Crippen molar-refractivity contribution < 1.29 is 24.3 Å². The number of hydrogen-bond donors (Lipinski definition) is 5. The van der Waals surface area contributed by atoms with Gasteiger partial charge in [0.1, 0.15) is 17.8 Å². The first-order valence-electron chi connectivity index (χ1n) is 12.9. The summed E-state index contributed by atoms with van der Waals surface area (Å²) in [7, 11) is 0. The Kier molecular flexibility index (Phi) is 13.5. The summed E-state index contributed by atoms with van der Waals surface area (Å²) < 4.78 is 0. The van der Waals surface area contributed by atoms with Gasteiger partial charge in [0.15, 0.2) is 0 Å². The van der Waals surface area contributed by atoms with Gasteiger partial charge in [0.25, 0.3) is 0 Å². The van der Waals surface area contributed by atoms with Crippen LogP contribution in [0.5, 0.6) is 5.75 Å². The quantitative estimate of drug-likeness (QED) is 0.190. The van der Waals surface area contributed by atoms with Crippen LogP contribution in [-0.4, -0.2) is 70.3 Å². The van der Waals surface area contributed by atoms with Crippen molar-refractivity contribution in [3.05, 3.63) is 65.7 Å². The fourth-order valence-electron chi connectivity index (χ4n) is 4.07. The minimum absolute atomic E-state index is 0.000832. The van der Waals surface area contributed by atoms with Crippen molar-refractivity contribution in [2.45, 2.75) is 56.7 Å². The maximum absolute atomic E-state index is 13.7. The van der Waals surface area contributed by atoms with E-state index in [1.165, 1.54) is 23.9 Å². The molecule has 0 saturated carbocycles. The lowest BCUT2D eigenvalue weighted by Crippen LogP contribution is -2.59. The highest BCUT2D eigenvalue weighted by atomic mass is 32.2. The second-order valence-corrected chi connectivity index (χ2v) is 10.3. The second kappa shape index (κ2) is 16.5. The molecule has 8 N–H and O–H groups in total. The molecule has 39 heavy (non-hydrogen) atoms. The third kappa shape index (κ3) is 10.3. The summed E-state index contributed by atoms with van der Waals surface area (Å²) in [6, 6.07) is 11.8. The molecular formula is C28H39N5O5S. The van der Waals surface area contributed by atoms with E-state index in [4.69, 9.17) is 17.2 Å². The number of primary amides is 1. The lowest BCUT2D eigenvalue weighted by molar-refractivity contribution is -0.153. The molecule has 0 spiro atoms. The largest absolute Gasteiger partial charge is 0.508 e. The van der Waals surface area contributed by atoms with E-state index < -0.39 is 41.8 Å². The molecule has 0 unspecified atom stereocenters. The van der Waals surface area contributed by atoms with Gasteiger partial charge in [-0.05, 0) is 67.5 Å². The average Bonchev–Trinajstić information content (AvgIpc) is 2.92. The number of benzene rings is 2. The zero-order valence-electron chi connectivity index (χ0n) is 22.3. The van der Waals surface area contributed by atoms with Crippen LogP contribution >= 0.6 is 11.8 Å².